The number of nitriles is 1. The van der Waals surface area contributed by atoms with Gasteiger partial charge in [0.1, 0.15) is 0 Å². The van der Waals surface area contributed by atoms with E-state index in [-0.39, 0.29) is 5.91 Å². The van der Waals surface area contributed by atoms with Gasteiger partial charge in [0.25, 0.3) is 5.91 Å². The molecule has 39 heavy (non-hydrogen) atoms. The summed E-state index contributed by atoms with van der Waals surface area (Å²) in [6, 6.07) is 25.3. The van der Waals surface area contributed by atoms with Gasteiger partial charge in [-0.05, 0) is 73.6 Å². The molecule has 1 saturated heterocycles. The number of alkyl halides is 3. The number of hydrogen-bond acceptors (Lipinski definition) is 5. The van der Waals surface area contributed by atoms with E-state index in [0.717, 1.165) is 43.0 Å². The van der Waals surface area contributed by atoms with E-state index in [2.05, 4.69) is 52.5 Å². The Balaban J connectivity index is 0.000000532. The van der Waals surface area contributed by atoms with Gasteiger partial charge in [-0.1, -0.05) is 42.5 Å². The molecule has 3 aromatic rings. The Labute approximate surface area is 225 Å². The molecular formula is C29H29F3N4O3. The van der Waals surface area contributed by atoms with Gasteiger partial charge in [0.05, 0.1) is 11.6 Å². The molecule has 0 unspecified atom stereocenters. The molecule has 0 radical (unpaired) electrons. The molecule has 0 aliphatic carbocycles. The van der Waals surface area contributed by atoms with Gasteiger partial charge in [0, 0.05) is 30.9 Å². The first kappa shape index (κ1) is 29.4. The number of rotatable bonds is 5. The lowest BCUT2D eigenvalue weighted by molar-refractivity contribution is -0.192. The number of amides is 1. The minimum absolute atomic E-state index is 0.223. The summed E-state index contributed by atoms with van der Waals surface area (Å²) in [5.74, 6) is -2.98. The molecule has 3 aromatic carbocycles. The van der Waals surface area contributed by atoms with Gasteiger partial charge < -0.3 is 15.3 Å². The fourth-order valence-corrected chi connectivity index (χ4v) is 4.00. The number of benzene rings is 3. The molecule has 1 aliphatic heterocycles. The molecule has 4 rings (SSSR count). The van der Waals surface area contributed by atoms with Crippen LogP contribution in [0.25, 0.3) is 11.1 Å². The highest BCUT2D eigenvalue weighted by molar-refractivity contribution is 6.04. The molecular weight excluding hydrogens is 509 g/mol. The number of anilines is 1. The number of nitrogens with zero attached hydrogens (tertiary/aromatic N) is 3. The first-order chi connectivity index (χ1) is 18.5. The second-order valence-electron chi connectivity index (χ2n) is 9.16. The quantitative estimate of drug-likeness (QED) is 0.461. The Bertz CT molecular complexity index is 1300. The average Bonchev–Trinajstić information content (AvgIpc) is 3.13. The minimum Gasteiger partial charge on any atom is -0.475 e. The van der Waals surface area contributed by atoms with Crippen LogP contribution >= 0.6 is 0 Å². The Morgan fingerprint density at radius 3 is 2.15 bits per heavy atom. The third kappa shape index (κ3) is 9.25. The van der Waals surface area contributed by atoms with Crippen molar-refractivity contribution in [2.45, 2.75) is 19.1 Å². The van der Waals surface area contributed by atoms with Crippen molar-refractivity contribution in [1.29, 1.82) is 5.26 Å². The SMILES string of the molecule is CN1CCCN(Cc2ccc(-c3ccc(NC(=O)c4cccc(C#N)c4)cc3)cc2)CC1.O=C(O)C(F)(F)F. The fourth-order valence-electron chi connectivity index (χ4n) is 4.00. The molecule has 1 aliphatic rings. The van der Waals surface area contributed by atoms with Gasteiger partial charge in [-0.2, -0.15) is 18.4 Å². The highest BCUT2D eigenvalue weighted by atomic mass is 19.4. The Kier molecular flexibility index (Phi) is 10.2. The van der Waals surface area contributed by atoms with E-state index in [4.69, 9.17) is 15.2 Å². The van der Waals surface area contributed by atoms with E-state index in [9.17, 15) is 18.0 Å². The van der Waals surface area contributed by atoms with Gasteiger partial charge in [0.2, 0.25) is 0 Å². The highest BCUT2D eigenvalue weighted by Crippen LogP contribution is 2.23. The van der Waals surface area contributed by atoms with Crippen LogP contribution in [-0.2, 0) is 11.3 Å². The summed E-state index contributed by atoms with van der Waals surface area (Å²) in [7, 11) is 2.20. The maximum absolute atomic E-state index is 12.5. The summed E-state index contributed by atoms with van der Waals surface area (Å²) >= 11 is 0. The van der Waals surface area contributed by atoms with Crippen molar-refractivity contribution >= 4 is 17.6 Å². The summed E-state index contributed by atoms with van der Waals surface area (Å²) in [4.78, 5) is 26.3. The van der Waals surface area contributed by atoms with Crippen LogP contribution in [0.3, 0.4) is 0 Å². The number of carboxylic acids is 1. The van der Waals surface area contributed by atoms with Crippen LogP contribution in [0.2, 0.25) is 0 Å². The fraction of sp³-hybridized carbons (Fsp3) is 0.276. The Morgan fingerprint density at radius 2 is 1.56 bits per heavy atom. The molecule has 0 spiro atoms. The summed E-state index contributed by atoms with van der Waals surface area (Å²) in [5, 5.41) is 19.0. The van der Waals surface area contributed by atoms with E-state index >= 15 is 0 Å². The average molecular weight is 539 g/mol. The molecule has 0 atom stereocenters. The van der Waals surface area contributed by atoms with E-state index in [1.54, 1.807) is 24.3 Å². The summed E-state index contributed by atoms with van der Waals surface area (Å²) in [6.45, 7) is 5.57. The van der Waals surface area contributed by atoms with Crippen LogP contribution in [-0.4, -0.2) is 66.2 Å². The van der Waals surface area contributed by atoms with E-state index in [1.807, 2.05) is 24.3 Å². The normalized spacial score (nSPS) is 14.3. The second-order valence-corrected chi connectivity index (χ2v) is 9.16. The van der Waals surface area contributed by atoms with Gasteiger partial charge in [-0.25, -0.2) is 4.79 Å². The molecule has 1 amide bonds. The molecule has 1 fully saturated rings. The summed E-state index contributed by atoms with van der Waals surface area (Å²) < 4.78 is 31.7. The third-order valence-corrected chi connectivity index (χ3v) is 6.14. The van der Waals surface area contributed by atoms with Crippen molar-refractivity contribution in [3.63, 3.8) is 0 Å². The minimum atomic E-state index is -5.08. The standard InChI is InChI=1S/C27H28N4O.C2HF3O2/c1-30-14-3-15-31(17-16-30)20-21-6-8-23(9-7-21)24-10-12-26(13-11-24)29-27(32)25-5-2-4-22(18-25)19-28;3-2(4,5)1(6)7/h2,4-13,18H,3,14-17,20H2,1H3,(H,29,32);(H,6,7). The molecule has 7 nitrogen and oxygen atoms in total. The summed E-state index contributed by atoms with van der Waals surface area (Å²) in [6.07, 6.45) is -3.86. The van der Waals surface area contributed by atoms with Crippen LogP contribution in [0.4, 0.5) is 18.9 Å². The molecule has 204 valence electrons. The molecule has 0 bridgehead atoms. The number of carbonyl (C=O) groups excluding carboxylic acids is 1. The van der Waals surface area contributed by atoms with Crippen molar-refractivity contribution in [1.82, 2.24) is 9.80 Å². The van der Waals surface area contributed by atoms with Crippen LogP contribution < -0.4 is 5.32 Å². The zero-order valence-corrected chi connectivity index (χ0v) is 21.4. The third-order valence-electron chi connectivity index (χ3n) is 6.14. The maximum Gasteiger partial charge on any atom is 0.490 e. The first-order valence-electron chi connectivity index (χ1n) is 12.3. The maximum atomic E-state index is 12.5. The highest BCUT2D eigenvalue weighted by Gasteiger charge is 2.38. The number of halogens is 3. The van der Waals surface area contributed by atoms with Crippen LogP contribution in [0, 0.1) is 11.3 Å². The predicted octanol–water partition coefficient (Wildman–Crippen LogP) is 5.25. The summed E-state index contributed by atoms with van der Waals surface area (Å²) in [5.41, 5.74) is 5.27. The van der Waals surface area contributed by atoms with Crippen LogP contribution in [0.5, 0.6) is 0 Å². The topological polar surface area (TPSA) is 96.7 Å². The monoisotopic (exact) mass is 538 g/mol. The largest absolute Gasteiger partial charge is 0.490 e. The van der Waals surface area contributed by atoms with Gasteiger partial charge in [0.15, 0.2) is 0 Å². The zero-order valence-electron chi connectivity index (χ0n) is 21.4. The molecule has 10 heteroatoms. The van der Waals surface area contributed by atoms with Crippen molar-refractivity contribution in [3.05, 3.63) is 89.5 Å². The van der Waals surface area contributed by atoms with E-state index < -0.39 is 12.1 Å². The molecule has 1 heterocycles. The second kappa shape index (κ2) is 13.6. The Hall–Kier alpha value is -4.20. The lowest BCUT2D eigenvalue weighted by Crippen LogP contribution is -2.28. The Morgan fingerprint density at radius 1 is 0.949 bits per heavy atom. The van der Waals surface area contributed by atoms with E-state index in [1.165, 1.54) is 18.5 Å². The molecule has 0 saturated carbocycles. The molecule has 0 aromatic heterocycles. The van der Waals surface area contributed by atoms with Crippen molar-refractivity contribution < 1.29 is 27.9 Å². The number of nitrogens with one attached hydrogen (secondary N) is 1. The predicted molar refractivity (Wildman–Crippen MR) is 142 cm³/mol. The van der Waals surface area contributed by atoms with Gasteiger partial charge >= 0.3 is 12.1 Å². The van der Waals surface area contributed by atoms with Crippen molar-refractivity contribution in [2.24, 2.45) is 0 Å². The number of carbonyl (C=O) groups is 2. The first-order valence-corrected chi connectivity index (χ1v) is 12.3. The zero-order chi connectivity index (χ0) is 28.4. The number of carboxylic acid groups (broad SMARTS) is 1. The molecule has 2 N–H and O–H groups in total. The van der Waals surface area contributed by atoms with Crippen LogP contribution in [0.1, 0.15) is 27.9 Å². The lowest BCUT2D eigenvalue weighted by atomic mass is 10.0. The van der Waals surface area contributed by atoms with Crippen molar-refractivity contribution in [2.75, 3.05) is 38.5 Å². The van der Waals surface area contributed by atoms with E-state index in [0.29, 0.717) is 11.1 Å². The number of hydrogen-bond donors (Lipinski definition) is 2. The smallest absolute Gasteiger partial charge is 0.475 e. The number of likely N-dealkylation sites (N-methyl/N-ethyl adjacent to an activating group) is 1. The van der Waals surface area contributed by atoms with Crippen LogP contribution in [0.15, 0.2) is 72.8 Å². The van der Waals surface area contributed by atoms with Gasteiger partial charge in [-0.15, -0.1) is 0 Å². The lowest BCUT2D eigenvalue weighted by Gasteiger charge is -2.20. The number of aliphatic carboxylic acids is 1. The van der Waals surface area contributed by atoms with Gasteiger partial charge in [-0.3, -0.25) is 9.69 Å². The van der Waals surface area contributed by atoms with Crippen molar-refractivity contribution in [3.8, 4) is 17.2 Å².